The third kappa shape index (κ3) is 3.19. The molecule has 4 nitrogen and oxygen atoms in total. The summed E-state index contributed by atoms with van der Waals surface area (Å²) in [5.74, 6) is -0.0345. The predicted molar refractivity (Wildman–Crippen MR) is 76.4 cm³/mol. The van der Waals surface area contributed by atoms with Gasteiger partial charge in [0.2, 0.25) is 0 Å². The summed E-state index contributed by atoms with van der Waals surface area (Å²) in [5, 5.41) is 13.3. The number of phenols is 1. The van der Waals surface area contributed by atoms with Crippen molar-refractivity contribution in [3.8, 4) is 5.75 Å². The number of cyclic esters (lactones) is 1. The van der Waals surface area contributed by atoms with Crippen molar-refractivity contribution in [2.24, 2.45) is 5.41 Å². The summed E-state index contributed by atoms with van der Waals surface area (Å²) >= 11 is 11.9. The highest BCUT2D eigenvalue weighted by Crippen LogP contribution is 2.44. The molecule has 0 aromatic heterocycles. The van der Waals surface area contributed by atoms with E-state index in [2.05, 4.69) is 5.32 Å². The van der Waals surface area contributed by atoms with E-state index < -0.39 is 12.1 Å². The normalized spacial score (nSPS) is 21.1. The lowest BCUT2D eigenvalue weighted by Crippen LogP contribution is -2.47. The average molecular weight is 327 g/mol. The van der Waals surface area contributed by atoms with Gasteiger partial charge in [0.05, 0.1) is 11.1 Å². The Kier molecular flexibility index (Phi) is 4.82. The lowest BCUT2D eigenvalue weighted by atomic mass is 9.80. The molecule has 1 aliphatic heterocycles. The third-order valence-electron chi connectivity index (χ3n) is 2.98. The van der Waals surface area contributed by atoms with Gasteiger partial charge in [-0.3, -0.25) is 0 Å². The van der Waals surface area contributed by atoms with E-state index in [9.17, 15) is 9.90 Å². The molecule has 1 saturated heterocycles. The van der Waals surface area contributed by atoms with E-state index in [0.717, 1.165) is 0 Å². The zero-order valence-electron chi connectivity index (χ0n) is 10.4. The van der Waals surface area contributed by atoms with Crippen molar-refractivity contribution >= 4 is 41.7 Å². The number of alkyl carbamates (subject to hydrolysis) is 1. The van der Waals surface area contributed by atoms with Crippen molar-refractivity contribution in [2.75, 3.05) is 6.61 Å². The van der Waals surface area contributed by atoms with Crippen LogP contribution in [0, 0.1) is 5.41 Å². The molecular weight excluding hydrogens is 312 g/mol. The van der Waals surface area contributed by atoms with Crippen molar-refractivity contribution in [3.63, 3.8) is 0 Å². The molecule has 1 aliphatic rings. The van der Waals surface area contributed by atoms with Crippen LogP contribution in [0.15, 0.2) is 12.1 Å². The van der Waals surface area contributed by atoms with Gasteiger partial charge in [-0.1, -0.05) is 37.0 Å². The molecule has 2 N–H and O–H groups in total. The first kappa shape index (κ1) is 16.2. The highest BCUT2D eigenvalue weighted by molar-refractivity contribution is 6.35. The van der Waals surface area contributed by atoms with Crippen LogP contribution in [0.2, 0.25) is 10.0 Å². The van der Waals surface area contributed by atoms with Crippen LogP contribution in [0.1, 0.15) is 25.5 Å². The Labute approximate surface area is 127 Å². The second-order valence-electron chi connectivity index (χ2n) is 4.96. The number of amides is 1. The fourth-order valence-electron chi connectivity index (χ4n) is 2.01. The standard InChI is InChI=1S/C12H13Cl2NO3.ClH/c1-12(2)5-18-11(17)15-10(12)9-7(14)3-6(13)4-8(9)16;/h3-4,10,16H,5H2,1-2H3,(H,15,17);1H/t10-;/m1./s1. The Balaban J connectivity index is 0.00000180. The van der Waals surface area contributed by atoms with Gasteiger partial charge in [0, 0.05) is 16.0 Å². The van der Waals surface area contributed by atoms with Crippen molar-refractivity contribution in [1.29, 1.82) is 0 Å². The van der Waals surface area contributed by atoms with Gasteiger partial charge in [-0.05, 0) is 12.1 Å². The summed E-state index contributed by atoms with van der Waals surface area (Å²) < 4.78 is 4.95. The molecule has 0 bridgehead atoms. The molecule has 1 heterocycles. The van der Waals surface area contributed by atoms with E-state index in [0.29, 0.717) is 15.6 Å². The summed E-state index contributed by atoms with van der Waals surface area (Å²) in [4.78, 5) is 11.3. The Hall–Kier alpha value is -0.840. The number of carbonyl (C=O) groups is 1. The molecule has 1 aromatic carbocycles. The van der Waals surface area contributed by atoms with Gasteiger partial charge in [-0.2, -0.15) is 0 Å². The van der Waals surface area contributed by atoms with E-state index in [1.165, 1.54) is 12.1 Å². The number of hydrogen-bond donors (Lipinski definition) is 2. The largest absolute Gasteiger partial charge is 0.507 e. The summed E-state index contributed by atoms with van der Waals surface area (Å²) in [5.41, 5.74) is 0.0748. The highest BCUT2D eigenvalue weighted by atomic mass is 35.5. The second kappa shape index (κ2) is 5.65. The molecule has 0 unspecified atom stereocenters. The number of hydrogen-bond acceptors (Lipinski definition) is 3. The Bertz CT molecular complexity index is 482. The number of carbonyl (C=O) groups excluding carboxylic acids is 1. The SMILES string of the molecule is CC1(C)COC(=O)N[C@@H]1c1c(O)cc(Cl)cc1Cl.Cl. The maximum Gasteiger partial charge on any atom is 0.407 e. The molecule has 0 aliphatic carbocycles. The minimum absolute atomic E-state index is 0. The minimum atomic E-state index is -0.523. The molecular formula is C12H14Cl3NO3. The Morgan fingerprint density at radius 3 is 2.63 bits per heavy atom. The fourth-order valence-corrected chi connectivity index (χ4v) is 2.60. The number of aromatic hydroxyl groups is 1. The predicted octanol–water partition coefficient (Wildman–Crippen LogP) is 3.93. The van der Waals surface area contributed by atoms with Crippen molar-refractivity contribution in [2.45, 2.75) is 19.9 Å². The zero-order chi connectivity index (χ0) is 13.5. The molecule has 1 fully saturated rings. The topological polar surface area (TPSA) is 58.6 Å². The molecule has 7 heteroatoms. The second-order valence-corrected chi connectivity index (χ2v) is 5.81. The number of benzene rings is 1. The van der Waals surface area contributed by atoms with Gasteiger partial charge in [0.1, 0.15) is 12.4 Å². The summed E-state index contributed by atoms with van der Waals surface area (Å²) in [6.07, 6.45) is -0.523. The molecule has 19 heavy (non-hydrogen) atoms. The van der Waals surface area contributed by atoms with Gasteiger partial charge in [-0.15, -0.1) is 12.4 Å². The van der Waals surface area contributed by atoms with E-state index in [4.69, 9.17) is 27.9 Å². The maximum absolute atomic E-state index is 11.3. The molecule has 0 saturated carbocycles. The number of nitrogens with one attached hydrogen (secondary N) is 1. The summed E-state index contributed by atoms with van der Waals surface area (Å²) in [6.45, 7) is 4.09. The number of rotatable bonds is 1. The van der Waals surface area contributed by atoms with Crippen LogP contribution in [-0.2, 0) is 4.74 Å². The van der Waals surface area contributed by atoms with Crippen LogP contribution in [0.5, 0.6) is 5.75 Å². The van der Waals surface area contributed by atoms with Crippen LogP contribution >= 0.6 is 35.6 Å². The van der Waals surface area contributed by atoms with Crippen LogP contribution in [0.3, 0.4) is 0 Å². The van der Waals surface area contributed by atoms with Crippen LogP contribution in [0.4, 0.5) is 4.79 Å². The van der Waals surface area contributed by atoms with Gasteiger partial charge < -0.3 is 15.2 Å². The highest BCUT2D eigenvalue weighted by Gasteiger charge is 2.40. The van der Waals surface area contributed by atoms with Crippen LogP contribution in [-0.4, -0.2) is 17.8 Å². The first-order valence-corrected chi connectivity index (χ1v) is 6.18. The van der Waals surface area contributed by atoms with E-state index >= 15 is 0 Å². The molecule has 1 aromatic rings. The Morgan fingerprint density at radius 2 is 2.05 bits per heavy atom. The maximum atomic E-state index is 11.3. The smallest absolute Gasteiger partial charge is 0.407 e. The van der Waals surface area contributed by atoms with Gasteiger partial charge in [0.15, 0.2) is 0 Å². The van der Waals surface area contributed by atoms with Crippen molar-refractivity contribution in [3.05, 3.63) is 27.7 Å². The van der Waals surface area contributed by atoms with E-state index in [1.54, 1.807) is 0 Å². The zero-order valence-corrected chi connectivity index (χ0v) is 12.7. The number of phenolic OH excluding ortho intramolecular Hbond substituents is 1. The lowest BCUT2D eigenvalue weighted by Gasteiger charge is -2.39. The van der Waals surface area contributed by atoms with E-state index in [-0.39, 0.29) is 30.2 Å². The Morgan fingerprint density at radius 1 is 1.42 bits per heavy atom. The first-order chi connectivity index (χ1) is 8.31. The van der Waals surface area contributed by atoms with Crippen LogP contribution in [0.25, 0.3) is 0 Å². The fraction of sp³-hybridized carbons (Fsp3) is 0.417. The average Bonchev–Trinajstić information content (AvgIpc) is 2.22. The quantitative estimate of drug-likeness (QED) is 0.822. The number of ether oxygens (including phenoxy) is 1. The first-order valence-electron chi connectivity index (χ1n) is 5.42. The van der Waals surface area contributed by atoms with Crippen molar-refractivity contribution < 1.29 is 14.6 Å². The summed E-state index contributed by atoms with van der Waals surface area (Å²) in [6, 6.07) is 2.51. The monoisotopic (exact) mass is 325 g/mol. The lowest BCUT2D eigenvalue weighted by molar-refractivity contribution is 0.0381. The summed E-state index contributed by atoms with van der Waals surface area (Å²) in [7, 11) is 0. The van der Waals surface area contributed by atoms with Gasteiger partial charge in [0.25, 0.3) is 0 Å². The molecule has 106 valence electrons. The minimum Gasteiger partial charge on any atom is -0.507 e. The third-order valence-corrected chi connectivity index (χ3v) is 3.51. The molecule has 0 radical (unpaired) electrons. The molecule has 2 rings (SSSR count). The molecule has 1 atom stereocenters. The molecule has 1 amide bonds. The van der Waals surface area contributed by atoms with Crippen LogP contribution < -0.4 is 5.32 Å². The van der Waals surface area contributed by atoms with E-state index in [1.807, 2.05) is 13.8 Å². The van der Waals surface area contributed by atoms with Gasteiger partial charge >= 0.3 is 6.09 Å². The number of halogens is 3. The van der Waals surface area contributed by atoms with Crippen molar-refractivity contribution in [1.82, 2.24) is 5.32 Å². The van der Waals surface area contributed by atoms with Gasteiger partial charge in [-0.25, -0.2) is 4.79 Å². The molecule has 0 spiro atoms.